The summed E-state index contributed by atoms with van der Waals surface area (Å²) in [6.45, 7) is 3.81. The van der Waals surface area contributed by atoms with Gasteiger partial charge >= 0.3 is 11.8 Å². The van der Waals surface area contributed by atoms with Gasteiger partial charge in [-0.25, -0.2) is 13.5 Å². The maximum absolute atomic E-state index is 13.9. The average Bonchev–Trinajstić information content (AvgIpc) is 3.12. The second kappa shape index (κ2) is 9.67. The van der Waals surface area contributed by atoms with Crippen molar-refractivity contribution in [1.29, 1.82) is 0 Å². The molecule has 0 unspecified atom stereocenters. The highest BCUT2D eigenvalue weighted by Gasteiger charge is 2.22. The maximum Gasteiger partial charge on any atom is 0.328 e. The number of carbonyl (C=O) groups excluding carboxylic acids is 3. The van der Waals surface area contributed by atoms with E-state index in [1.165, 1.54) is 4.68 Å². The molecule has 3 N–H and O–H groups in total. The molecule has 0 aliphatic heterocycles. The highest BCUT2D eigenvalue weighted by atomic mass is 79.9. The number of benzene rings is 3. The molecule has 0 bridgehead atoms. The summed E-state index contributed by atoms with van der Waals surface area (Å²) in [6.07, 6.45) is 0. The molecule has 0 aliphatic rings. The third kappa shape index (κ3) is 5.38. The zero-order valence-corrected chi connectivity index (χ0v) is 20.2. The molecule has 7 nitrogen and oxygen atoms in total. The van der Waals surface area contributed by atoms with Crippen LogP contribution in [0.1, 0.15) is 21.6 Å². The summed E-state index contributed by atoms with van der Waals surface area (Å²) >= 11 is 3.37. The van der Waals surface area contributed by atoms with E-state index in [1.807, 2.05) is 19.9 Å². The summed E-state index contributed by atoms with van der Waals surface area (Å²) in [5.41, 5.74) is 5.03. The smallest absolute Gasteiger partial charge is 0.321 e. The van der Waals surface area contributed by atoms with Gasteiger partial charge < -0.3 is 10.6 Å². The quantitative estimate of drug-likeness (QED) is 0.308. The van der Waals surface area contributed by atoms with Gasteiger partial charge in [-0.2, -0.15) is 0 Å². The largest absolute Gasteiger partial charge is 0.328 e. The van der Waals surface area contributed by atoms with Crippen LogP contribution in [-0.4, -0.2) is 22.4 Å². The molecule has 0 atom stereocenters. The molecule has 1 aromatic heterocycles. The molecule has 10 heteroatoms. The van der Waals surface area contributed by atoms with Crippen LogP contribution >= 0.6 is 15.9 Å². The van der Waals surface area contributed by atoms with Gasteiger partial charge in [0.25, 0.3) is 5.91 Å². The monoisotopic (exact) mass is 540 g/mol. The Hall–Kier alpha value is -4.05. The van der Waals surface area contributed by atoms with Crippen LogP contribution in [0.4, 0.5) is 20.2 Å². The SMILES string of the molecule is Cc1cc(C)cc(NC(=O)c2cc3cc(Br)ccc3n2NC(=O)C(=O)Nc2ccc(F)cc2F)c1. The van der Waals surface area contributed by atoms with Crippen molar-refractivity contribution in [3.8, 4) is 0 Å². The summed E-state index contributed by atoms with van der Waals surface area (Å²) in [7, 11) is 0. The van der Waals surface area contributed by atoms with Gasteiger partial charge in [0.15, 0.2) is 0 Å². The molecule has 3 aromatic carbocycles. The lowest BCUT2D eigenvalue weighted by Gasteiger charge is -2.13. The lowest BCUT2D eigenvalue weighted by Crippen LogP contribution is -2.36. The van der Waals surface area contributed by atoms with Gasteiger partial charge in [0.2, 0.25) is 0 Å². The lowest BCUT2D eigenvalue weighted by molar-refractivity contribution is -0.133. The highest BCUT2D eigenvalue weighted by molar-refractivity contribution is 9.10. The van der Waals surface area contributed by atoms with Crippen molar-refractivity contribution < 1.29 is 23.2 Å². The Morgan fingerprint density at radius 3 is 2.23 bits per heavy atom. The first kappa shape index (κ1) is 24.1. The Kier molecular flexibility index (Phi) is 6.65. The molecular weight excluding hydrogens is 522 g/mol. The van der Waals surface area contributed by atoms with Crippen LogP contribution < -0.4 is 16.1 Å². The van der Waals surface area contributed by atoms with E-state index in [-0.39, 0.29) is 11.4 Å². The Labute approximate surface area is 207 Å². The highest BCUT2D eigenvalue weighted by Crippen LogP contribution is 2.24. The zero-order valence-electron chi connectivity index (χ0n) is 18.6. The van der Waals surface area contributed by atoms with Crippen LogP contribution in [0.3, 0.4) is 0 Å². The number of nitrogens with one attached hydrogen (secondary N) is 3. The molecule has 0 spiro atoms. The number of hydrogen-bond acceptors (Lipinski definition) is 3. The lowest BCUT2D eigenvalue weighted by atomic mass is 10.1. The first-order valence-electron chi connectivity index (χ1n) is 10.4. The minimum Gasteiger partial charge on any atom is -0.321 e. The van der Waals surface area contributed by atoms with Crippen LogP contribution in [0.15, 0.2) is 65.1 Å². The summed E-state index contributed by atoms with van der Waals surface area (Å²) in [6, 6.07) is 14.8. The molecule has 0 aliphatic carbocycles. The van der Waals surface area contributed by atoms with Crippen molar-refractivity contribution in [1.82, 2.24) is 4.68 Å². The normalized spacial score (nSPS) is 10.8. The predicted molar refractivity (Wildman–Crippen MR) is 133 cm³/mol. The van der Waals surface area contributed by atoms with Crippen LogP contribution in [-0.2, 0) is 9.59 Å². The molecule has 0 fully saturated rings. The van der Waals surface area contributed by atoms with E-state index >= 15 is 0 Å². The minimum atomic E-state index is -1.20. The molecule has 4 aromatic rings. The van der Waals surface area contributed by atoms with E-state index in [9.17, 15) is 23.2 Å². The van der Waals surface area contributed by atoms with Crippen LogP contribution in [0.2, 0.25) is 0 Å². The van der Waals surface area contributed by atoms with Gasteiger partial charge in [0.1, 0.15) is 17.3 Å². The molecule has 178 valence electrons. The van der Waals surface area contributed by atoms with E-state index in [1.54, 1.807) is 36.4 Å². The molecule has 1 heterocycles. The third-order valence-electron chi connectivity index (χ3n) is 5.07. The van der Waals surface area contributed by atoms with Crippen molar-refractivity contribution in [2.75, 3.05) is 16.1 Å². The number of aromatic nitrogens is 1. The number of nitrogens with zero attached hydrogens (tertiary/aromatic N) is 1. The van der Waals surface area contributed by atoms with Crippen LogP contribution in [0, 0.1) is 25.5 Å². The second-order valence-corrected chi connectivity index (χ2v) is 8.83. The fraction of sp³-hybridized carbons (Fsp3) is 0.0800. The number of hydrogen-bond donors (Lipinski definition) is 3. The van der Waals surface area contributed by atoms with Gasteiger partial charge in [-0.3, -0.25) is 19.8 Å². The third-order valence-corrected chi connectivity index (χ3v) is 5.57. The number of fused-ring (bicyclic) bond motifs is 1. The Balaban J connectivity index is 1.64. The van der Waals surface area contributed by atoms with E-state index in [0.717, 1.165) is 27.7 Å². The summed E-state index contributed by atoms with van der Waals surface area (Å²) in [5, 5.41) is 5.52. The minimum absolute atomic E-state index is 0.0615. The maximum atomic E-state index is 13.9. The van der Waals surface area contributed by atoms with Gasteiger partial charge in [0, 0.05) is 21.6 Å². The summed E-state index contributed by atoms with van der Waals surface area (Å²) in [4.78, 5) is 38.2. The number of carbonyl (C=O) groups is 3. The van der Waals surface area contributed by atoms with E-state index in [4.69, 9.17) is 0 Å². The Morgan fingerprint density at radius 2 is 1.54 bits per heavy atom. The van der Waals surface area contributed by atoms with Crippen molar-refractivity contribution in [3.05, 3.63) is 93.6 Å². The summed E-state index contributed by atoms with van der Waals surface area (Å²) in [5.74, 6) is -4.73. The average molecular weight is 541 g/mol. The molecule has 3 amide bonds. The van der Waals surface area contributed by atoms with Crippen molar-refractivity contribution in [3.63, 3.8) is 0 Å². The Morgan fingerprint density at radius 1 is 0.829 bits per heavy atom. The van der Waals surface area contributed by atoms with Gasteiger partial charge in [-0.15, -0.1) is 0 Å². The van der Waals surface area contributed by atoms with E-state index in [2.05, 4.69) is 32.0 Å². The molecule has 35 heavy (non-hydrogen) atoms. The standard InChI is InChI=1S/C25H19BrF2N4O3/c1-13-7-14(2)9-18(8-13)29-23(33)22-11-15-10-16(26)3-6-21(15)32(22)31-25(35)24(34)30-20-5-4-17(27)12-19(20)28/h3-12H,1-2H3,(H,29,33)(H,30,34)(H,31,35). The van der Waals surface area contributed by atoms with Crippen molar-refractivity contribution in [2.45, 2.75) is 13.8 Å². The van der Waals surface area contributed by atoms with Crippen molar-refractivity contribution in [2.24, 2.45) is 0 Å². The van der Waals surface area contributed by atoms with E-state index < -0.39 is 29.4 Å². The predicted octanol–water partition coefficient (Wildman–Crippen LogP) is 5.26. The topological polar surface area (TPSA) is 92.2 Å². The first-order chi connectivity index (χ1) is 16.6. The summed E-state index contributed by atoms with van der Waals surface area (Å²) < 4.78 is 28.9. The number of rotatable bonds is 4. The Bertz CT molecular complexity index is 1480. The number of halogens is 3. The van der Waals surface area contributed by atoms with Crippen molar-refractivity contribution >= 4 is 55.9 Å². The number of amides is 3. The molecule has 0 radical (unpaired) electrons. The van der Waals surface area contributed by atoms with Gasteiger partial charge in [-0.1, -0.05) is 22.0 Å². The zero-order chi connectivity index (χ0) is 25.3. The fourth-order valence-electron chi connectivity index (χ4n) is 3.64. The number of aryl methyl sites for hydroxylation is 2. The van der Waals surface area contributed by atoms with Crippen LogP contribution in [0.25, 0.3) is 10.9 Å². The number of anilines is 2. The molecular formula is C25H19BrF2N4O3. The second-order valence-electron chi connectivity index (χ2n) is 7.92. The van der Waals surface area contributed by atoms with Gasteiger partial charge in [-0.05, 0) is 73.5 Å². The first-order valence-corrected chi connectivity index (χ1v) is 11.2. The van der Waals surface area contributed by atoms with Gasteiger partial charge in [0.05, 0.1) is 11.2 Å². The van der Waals surface area contributed by atoms with Crippen LogP contribution in [0.5, 0.6) is 0 Å². The molecule has 0 saturated carbocycles. The molecule has 0 saturated heterocycles. The van der Waals surface area contributed by atoms with E-state index in [0.29, 0.717) is 22.7 Å². The fourth-order valence-corrected chi connectivity index (χ4v) is 4.02. The molecule has 4 rings (SSSR count).